The van der Waals surface area contributed by atoms with Crippen molar-refractivity contribution in [3.63, 3.8) is 0 Å². The first kappa shape index (κ1) is 20.8. The molecule has 5 aliphatic carbocycles. The molecule has 6 rings (SSSR count). The van der Waals surface area contributed by atoms with Gasteiger partial charge in [-0.05, 0) is 106 Å². The van der Waals surface area contributed by atoms with Crippen molar-refractivity contribution in [2.24, 2.45) is 33.5 Å². The van der Waals surface area contributed by atoms with E-state index in [1.54, 1.807) is 5.57 Å². The second-order valence-corrected chi connectivity index (χ2v) is 13.3. The van der Waals surface area contributed by atoms with Gasteiger partial charge in [0.1, 0.15) is 6.10 Å². The Labute approximate surface area is 188 Å². The molecule has 31 heavy (non-hydrogen) atoms. The molecule has 1 heterocycles. The third kappa shape index (κ3) is 2.33. The first-order valence-electron chi connectivity index (χ1n) is 13.0. The lowest BCUT2D eigenvalue weighted by molar-refractivity contribution is -0.0948. The summed E-state index contributed by atoms with van der Waals surface area (Å²) in [5, 5.41) is 21.9. The van der Waals surface area contributed by atoms with Gasteiger partial charge in [0, 0.05) is 17.4 Å². The average molecular weight is 427 g/mol. The Morgan fingerprint density at radius 1 is 1.03 bits per heavy atom. The van der Waals surface area contributed by atoms with Crippen LogP contribution in [0.25, 0.3) is 0 Å². The summed E-state index contributed by atoms with van der Waals surface area (Å²) in [5.74, 6) is 2.48. The van der Waals surface area contributed by atoms with Crippen molar-refractivity contribution in [2.75, 3.05) is 0 Å². The van der Waals surface area contributed by atoms with Crippen LogP contribution in [-0.4, -0.2) is 28.0 Å². The first-order valence-corrected chi connectivity index (χ1v) is 13.0. The number of hydrogen-bond donors (Lipinski definition) is 2. The van der Waals surface area contributed by atoms with E-state index >= 15 is 0 Å². The molecule has 0 aromatic rings. The molecule has 0 amide bonds. The van der Waals surface area contributed by atoms with Crippen molar-refractivity contribution in [2.45, 2.75) is 116 Å². The molecule has 0 radical (unpaired) electrons. The minimum atomic E-state index is -0.838. The third-order valence-electron chi connectivity index (χ3n) is 11.8. The molecule has 6 fully saturated rings. The normalized spacial score (nSPS) is 55.7. The monoisotopic (exact) mass is 426 g/mol. The van der Waals surface area contributed by atoms with Crippen LogP contribution >= 0.6 is 0 Å². The predicted molar refractivity (Wildman–Crippen MR) is 122 cm³/mol. The number of ether oxygens (including phenoxy) is 1. The van der Waals surface area contributed by atoms with E-state index in [2.05, 4.69) is 20.4 Å². The van der Waals surface area contributed by atoms with E-state index in [1.807, 2.05) is 13.8 Å². The SMILES string of the molecule is C=C1CCCC23CC24CC[C@]2(C)/C(=C5\CC[C@@H](C(C)(C)O)O5)[C@@H](O)C[C@@]2(C)C4CC[C@@H]13. The maximum Gasteiger partial charge on any atom is 0.127 e. The van der Waals surface area contributed by atoms with Crippen LogP contribution in [0, 0.1) is 33.5 Å². The van der Waals surface area contributed by atoms with Crippen molar-refractivity contribution in [3.8, 4) is 0 Å². The zero-order valence-corrected chi connectivity index (χ0v) is 20.1. The molecule has 0 aromatic heterocycles. The van der Waals surface area contributed by atoms with E-state index in [1.165, 1.54) is 56.9 Å². The molecular weight excluding hydrogens is 384 g/mol. The summed E-state index contributed by atoms with van der Waals surface area (Å²) < 4.78 is 6.37. The molecule has 0 bridgehead atoms. The van der Waals surface area contributed by atoms with Crippen LogP contribution in [0.15, 0.2) is 23.5 Å². The van der Waals surface area contributed by atoms with Crippen LogP contribution in [0.4, 0.5) is 0 Å². The Kier molecular flexibility index (Phi) is 4.02. The number of hydrogen-bond acceptors (Lipinski definition) is 3. The van der Waals surface area contributed by atoms with Gasteiger partial charge in [0.2, 0.25) is 0 Å². The van der Waals surface area contributed by atoms with E-state index < -0.39 is 11.7 Å². The highest BCUT2D eigenvalue weighted by Crippen LogP contribution is 2.88. The fourth-order valence-corrected chi connectivity index (χ4v) is 10.3. The van der Waals surface area contributed by atoms with Gasteiger partial charge in [-0.2, -0.15) is 0 Å². The molecule has 1 aliphatic heterocycles. The topological polar surface area (TPSA) is 49.7 Å². The highest BCUT2D eigenvalue weighted by molar-refractivity contribution is 5.40. The maximum absolute atomic E-state index is 11.4. The zero-order chi connectivity index (χ0) is 22.0. The summed E-state index contributed by atoms with van der Waals surface area (Å²) in [5.41, 5.74) is 3.08. The van der Waals surface area contributed by atoms with Gasteiger partial charge in [-0.15, -0.1) is 0 Å². The van der Waals surface area contributed by atoms with Gasteiger partial charge >= 0.3 is 0 Å². The van der Waals surface area contributed by atoms with Crippen molar-refractivity contribution >= 4 is 0 Å². The molecule has 8 atom stereocenters. The summed E-state index contributed by atoms with van der Waals surface area (Å²) in [6.45, 7) is 13.2. The average Bonchev–Trinajstić information content (AvgIpc) is 2.96. The first-order chi connectivity index (χ1) is 14.5. The van der Waals surface area contributed by atoms with Crippen LogP contribution in [-0.2, 0) is 4.74 Å². The fourth-order valence-electron chi connectivity index (χ4n) is 10.3. The molecule has 3 nitrogen and oxygen atoms in total. The molecule has 172 valence electrons. The number of fused-ring (bicyclic) bond motifs is 2. The molecule has 1 saturated heterocycles. The summed E-state index contributed by atoms with van der Waals surface area (Å²) in [6.07, 6.45) is 12.5. The van der Waals surface area contributed by atoms with Crippen molar-refractivity contribution in [1.82, 2.24) is 0 Å². The Hall–Kier alpha value is -0.800. The van der Waals surface area contributed by atoms with Crippen LogP contribution in [0.3, 0.4) is 0 Å². The number of rotatable bonds is 1. The van der Waals surface area contributed by atoms with E-state index in [9.17, 15) is 10.2 Å². The maximum atomic E-state index is 11.4. The Morgan fingerprint density at radius 2 is 1.81 bits per heavy atom. The summed E-state index contributed by atoms with van der Waals surface area (Å²) in [4.78, 5) is 0. The highest BCUT2D eigenvalue weighted by atomic mass is 16.5. The smallest absolute Gasteiger partial charge is 0.127 e. The van der Waals surface area contributed by atoms with Gasteiger partial charge in [0.05, 0.1) is 17.5 Å². The van der Waals surface area contributed by atoms with Gasteiger partial charge < -0.3 is 14.9 Å². The minimum absolute atomic E-state index is 0.00838. The summed E-state index contributed by atoms with van der Waals surface area (Å²) >= 11 is 0. The number of aliphatic hydroxyl groups is 2. The van der Waals surface area contributed by atoms with E-state index in [4.69, 9.17) is 4.74 Å². The van der Waals surface area contributed by atoms with Crippen molar-refractivity contribution < 1.29 is 14.9 Å². The molecule has 0 aromatic carbocycles. The number of aliphatic hydroxyl groups excluding tert-OH is 1. The van der Waals surface area contributed by atoms with E-state index in [-0.39, 0.29) is 16.9 Å². The molecular formula is C28H42O3. The summed E-state index contributed by atoms with van der Waals surface area (Å²) in [6, 6.07) is 0. The highest BCUT2D eigenvalue weighted by Gasteiger charge is 2.80. The lowest BCUT2D eigenvalue weighted by atomic mass is 9.44. The second kappa shape index (κ2) is 6.00. The lowest BCUT2D eigenvalue weighted by Gasteiger charge is -2.60. The van der Waals surface area contributed by atoms with Crippen LogP contribution in [0.2, 0.25) is 0 Å². The molecule has 5 saturated carbocycles. The van der Waals surface area contributed by atoms with Gasteiger partial charge in [0.15, 0.2) is 0 Å². The third-order valence-corrected chi connectivity index (χ3v) is 11.8. The van der Waals surface area contributed by atoms with Crippen LogP contribution in [0.5, 0.6) is 0 Å². The Bertz CT molecular complexity index is 866. The minimum Gasteiger partial charge on any atom is -0.492 e. The lowest BCUT2D eigenvalue weighted by Crippen LogP contribution is -2.53. The second-order valence-electron chi connectivity index (χ2n) is 13.3. The zero-order valence-electron chi connectivity index (χ0n) is 20.1. The molecule has 3 heteroatoms. The Balaban J connectivity index is 1.38. The van der Waals surface area contributed by atoms with Gasteiger partial charge in [-0.1, -0.05) is 26.0 Å². The molecule has 2 N–H and O–H groups in total. The van der Waals surface area contributed by atoms with Crippen LogP contribution in [0.1, 0.15) is 98.3 Å². The standard InChI is InChI=1S/C28H42O3/c1-17-7-6-12-27-16-28(27)14-13-25(4)23(20-9-11-22(31-20)24(2,3)30)19(29)15-26(25,5)21(28)10-8-18(17)27/h18-19,21-22,29-30H,1,6-16H2,2-5H3/b23-20+/t18-,19-,21?,22-,25+,26-,27?,28?/m0/s1. The van der Waals surface area contributed by atoms with Gasteiger partial charge in [0.25, 0.3) is 0 Å². The predicted octanol–water partition coefficient (Wildman–Crippen LogP) is 5.90. The molecule has 6 aliphatic rings. The largest absolute Gasteiger partial charge is 0.492 e. The number of allylic oxidation sites excluding steroid dienone is 2. The fraction of sp³-hybridized carbons (Fsp3) is 0.857. The van der Waals surface area contributed by atoms with Crippen molar-refractivity contribution in [1.29, 1.82) is 0 Å². The molecule has 2 spiro atoms. The van der Waals surface area contributed by atoms with Gasteiger partial charge in [-0.3, -0.25) is 0 Å². The van der Waals surface area contributed by atoms with E-state index in [0.29, 0.717) is 16.7 Å². The Morgan fingerprint density at radius 3 is 2.52 bits per heavy atom. The van der Waals surface area contributed by atoms with Gasteiger partial charge in [-0.25, -0.2) is 0 Å². The van der Waals surface area contributed by atoms with Crippen molar-refractivity contribution in [3.05, 3.63) is 23.5 Å². The molecule has 3 unspecified atom stereocenters. The summed E-state index contributed by atoms with van der Waals surface area (Å²) in [7, 11) is 0. The quantitative estimate of drug-likeness (QED) is 0.513. The van der Waals surface area contributed by atoms with Crippen LogP contribution < -0.4 is 0 Å². The van der Waals surface area contributed by atoms with E-state index in [0.717, 1.165) is 30.9 Å².